The summed E-state index contributed by atoms with van der Waals surface area (Å²) in [4.78, 5) is 4.25. The molecular formula is C15H22N2O3S2. The molecule has 22 heavy (non-hydrogen) atoms. The van der Waals surface area contributed by atoms with Gasteiger partial charge in [-0.05, 0) is 32.4 Å². The molecule has 0 aromatic carbocycles. The lowest BCUT2D eigenvalue weighted by atomic mass is 9.95. The van der Waals surface area contributed by atoms with Crippen molar-refractivity contribution >= 4 is 21.8 Å². The molecule has 1 atom stereocenters. The van der Waals surface area contributed by atoms with Gasteiger partial charge in [0.05, 0.1) is 23.7 Å². The van der Waals surface area contributed by atoms with Gasteiger partial charge in [-0.1, -0.05) is 6.07 Å². The maximum atomic E-state index is 12.1. The van der Waals surface area contributed by atoms with Crippen LogP contribution in [0.1, 0.15) is 26.0 Å². The van der Waals surface area contributed by atoms with Crippen LogP contribution >= 0.6 is 11.8 Å². The van der Waals surface area contributed by atoms with Crippen molar-refractivity contribution in [2.45, 2.75) is 43.0 Å². The van der Waals surface area contributed by atoms with E-state index < -0.39 is 10.0 Å². The molecule has 3 rings (SSSR count). The molecule has 0 bridgehead atoms. The van der Waals surface area contributed by atoms with Crippen molar-refractivity contribution in [1.29, 1.82) is 0 Å². The number of sulfonamides is 1. The summed E-state index contributed by atoms with van der Waals surface area (Å²) in [5.41, 5.74) is 0.936. The Morgan fingerprint density at radius 3 is 2.86 bits per heavy atom. The van der Waals surface area contributed by atoms with Crippen molar-refractivity contribution < 1.29 is 13.2 Å². The van der Waals surface area contributed by atoms with E-state index in [4.69, 9.17) is 4.74 Å². The highest BCUT2D eigenvalue weighted by Crippen LogP contribution is 2.47. The van der Waals surface area contributed by atoms with Crippen molar-refractivity contribution in [2.75, 3.05) is 18.8 Å². The summed E-state index contributed by atoms with van der Waals surface area (Å²) >= 11 is 1.85. The highest BCUT2D eigenvalue weighted by molar-refractivity contribution is 8.01. The average molecular weight is 342 g/mol. The molecule has 5 nitrogen and oxygen atoms in total. The number of aromatic nitrogens is 1. The monoisotopic (exact) mass is 342 g/mol. The van der Waals surface area contributed by atoms with Gasteiger partial charge in [-0.2, -0.15) is 4.31 Å². The second-order valence-electron chi connectivity index (χ2n) is 6.31. The Hall–Kier alpha value is -0.630. The van der Waals surface area contributed by atoms with Crippen molar-refractivity contribution in [3.63, 3.8) is 0 Å². The van der Waals surface area contributed by atoms with E-state index in [0.29, 0.717) is 19.7 Å². The quantitative estimate of drug-likeness (QED) is 0.818. The number of nitrogens with zero attached hydrogens (tertiary/aromatic N) is 2. The third-order valence-electron chi connectivity index (χ3n) is 4.25. The van der Waals surface area contributed by atoms with Gasteiger partial charge < -0.3 is 4.74 Å². The van der Waals surface area contributed by atoms with Gasteiger partial charge in [0.15, 0.2) is 0 Å². The zero-order chi connectivity index (χ0) is 15.8. The Kier molecular flexibility index (Phi) is 4.51. The normalized spacial score (nSPS) is 24.8. The molecule has 2 fully saturated rings. The number of pyridine rings is 1. The van der Waals surface area contributed by atoms with E-state index in [1.54, 1.807) is 24.3 Å². The van der Waals surface area contributed by atoms with Crippen LogP contribution in [0, 0.1) is 0 Å². The first-order chi connectivity index (χ1) is 10.4. The molecule has 2 saturated heterocycles. The number of hydrogen-bond acceptors (Lipinski definition) is 5. The smallest absolute Gasteiger partial charge is 0.216 e. The van der Waals surface area contributed by atoms with Crippen molar-refractivity contribution in [2.24, 2.45) is 0 Å². The summed E-state index contributed by atoms with van der Waals surface area (Å²) in [5.74, 6) is 0.933. The fourth-order valence-corrected chi connectivity index (χ4v) is 6.06. The fourth-order valence-electron chi connectivity index (χ4n) is 2.89. The van der Waals surface area contributed by atoms with Gasteiger partial charge in [0.2, 0.25) is 10.0 Å². The van der Waals surface area contributed by atoms with Crippen LogP contribution in [0.3, 0.4) is 0 Å². The number of ether oxygens (including phenoxy) is 1. The highest BCUT2D eigenvalue weighted by atomic mass is 32.2. The molecule has 0 aliphatic carbocycles. The standard InChI is InChI=1S/C15H22N2O3S2/c1-12(2)22(18,19)17-10-15(11-17)7-14(9-21-15)20-8-13-5-3-4-6-16-13/h3-6,12,14H,7-11H2,1-2H3/t14-/m0/s1. The third-order valence-corrected chi connectivity index (χ3v) is 8.00. The van der Waals surface area contributed by atoms with E-state index in [1.165, 1.54) is 0 Å². The lowest BCUT2D eigenvalue weighted by Gasteiger charge is -2.47. The van der Waals surface area contributed by atoms with Crippen molar-refractivity contribution in [3.8, 4) is 0 Å². The molecule has 2 aliphatic heterocycles. The minimum atomic E-state index is -3.11. The Morgan fingerprint density at radius 2 is 2.23 bits per heavy atom. The summed E-state index contributed by atoms with van der Waals surface area (Å²) in [7, 11) is -3.11. The first-order valence-electron chi connectivity index (χ1n) is 7.56. The SMILES string of the molecule is CC(C)S(=O)(=O)N1CC2(C[C@H](OCc3ccccn3)CS2)C1. The zero-order valence-electron chi connectivity index (χ0n) is 12.9. The van der Waals surface area contributed by atoms with Gasteiger partial charge >= 0.3 is 0 Å². The van der Waals surface area contributed by atoms with Gasteiger partial charge in [0, 0.05) is 29.8 Å². The summed E-state index contributed by atoms with van der Waals surface area (Å²) < 4.78 is 31.9. The van der Waals surface area contributed by atoms with Gasteiger partial charge in [-0.3, -0.25) is 4.98 Å². The van der Waals surface area contributed by atoms with Crippen LogP contribution in [-0.4, -0.2) is 52.7 Å². The number of rotatable bonds is 5. The molecule has 3 heterocycles. The number of thioether (sulfide) groups is 1. The van der Waals surface area contributed by atoms with E-state index >= 15 is 0 Å². The molecule has 0 amide bonds. The second-order valence-corrected chi connectivity index (χ2v) is 10.3. The molecule has 1 aromatic rings. The molecular weight excluding hydrogens is 320 g/mol. The number of hydrogen-bond donors (Lipinski definition) is 0. The van der Waals surface area contributed by atoms with E-state index in [-0.39, 0.29) is 16.1 Å². The zero-order valence-corrected chi connectivity index (χ0v) is 14.6. The van der Waals surface area contributed by atoms with Crippen molar-refractivity contribution in [3.05, 3.63) is 30.1 Å². The topological polar surface area (TPSA) is 59.5 Å². The van der Waals surface area contributed by atoms with E-state index in [0.717, 1.165) is 17.9 Å². The third kappa shape index (κ3) is 3.18. The summed E-state index contributed by atoms with van der Waals surface area (Å²) in [5, 5.41) is -0.340. The summed E-state index contributed by atoms with van der Waals surface area (Å²) in [6.45, 7) is 5.25. The van der Waals surface area contributed by atoms with Crippen LogP contribution in [-0.2, 0) is 21.4 Å². The van der Waals surface area contributed by atoms with Crippen LogP contribution in [0.15, 0.2) is 24.4 Å². The minimum Gasteiger partial charge on any atom is -0.371 e. The predicted octanol–water partition coefficient (Wildman–Crippen LogP) is 1.90. The molecule has 0 unspecified atom stereocenters. The van der Waals surface area contributed by atoms with Gasteiger partial charge in [-0.25, -0.2) is 8.42 Å². The Morgan fingerprint density at radius 1 is 1.45 bits per heavy atom. The largest absolute Gasteiger partial charge is 0.371 e. The summed E-state index contributed by atoms with van der Waals surface area (Å²) in [6.07, 6.45) is 2.88. The molecule has 1 spiro atoms. The molecule has 0 saturated carbocycles. The van der Waals surface area contributed by atoms with E-state index in [1.807, 2.05) is 30.0 Å². The van der Waals surface area contributed by atoms with Gasteiger partial charge in [0.1, 0.15) is 0 Å². The Bertz CT molecular complexity index is 613. The second kappa shape index (κ2) is 6.11. The van der Waals surface area contributed by atoms with Crippen molar-refractivity contribution in [1.82, 2.24) is 9.29 Å². The predicted molar refractivity (Wildman–Crippen MR) is 88.2 cm³/mol. The molecule has 122 valence electrons. The van der Waals surface area contributed by atoms with Crippen LogP contribution in [0.4, 0.5) is 0 Å². The molecule has 2 aliphatic rings. The molecule has 0 radical (unpaired) electrons. The first-order valence-corrected chi connectivity index (χ1v) is 10.0. The Labute approximate surface area is 136 Å². The Balaban J connectivity index is 1.50. The molecule has 7 heteroatoms. The van der Waals surface area contributed by atoms with Crippen LogP contribution in [0.2, 0.25) is 0 Å². The van der Waals surface area contributed by atoms with Crippen LogP contribution < -0.4 is 0 Å². The average Bonchev–Trinajstić information content (AvgIpc) is 2.89. The summed E-state index contributed by atoms with van der Waals surface area (Å²) in [6, 6.07) is 5.80. The highest BCUT2D eigenvalue weighted by Gasteiger charge is 2.53. The maximum Gasteiger partial charge on any atom is 0.216 e. The maximum absolute atomic E-state index is 12.1. The fraction of sp³-hybridized carbons (Fsp3) is 0.667. The van der Waals surface area contributed by atoms with Crippen LogP contribution in [0.25, 0.3) is 0 Å². The minimum absolute atomic E-state index is 0.0662. The van der Waals surface area contributed by atoms with Gasteiger partial charge in [0.25, 0.3) is 0 Å². The van der Waals surface area contributed by atoms with E-state index in [2.05, 4.69) is 4.98 Å². The lowest BCUT2D eigenvalue weighted by molar-refractivity contribution is 0.0380. The van der Waals surface area contributed by atoms with Crippen LogP contribution in [0.5, 0.6) is 0 Å². The van der Waals surface area contributed by atoms with E-state index in [9.17, 15) is 8.42 Å². The molecule has 1 aromatic heterocycles. The lowest BCUT2D eigenvalue weighted by Crippen LogP contribution is -2.61. The van der Waals surface area contributed by atoms with Gasteiger partial charge in [-0.15, -0.1) is 11.8 Å². The molecule has 0 N–H and O–H groups in total. The first kappa shape index (κ1) is 16.2.